The van der Waals surface area contributed by atoms with Crippen molar-refractivity contribution in [1.29, 1.82) is 0 Å². The second kappa shape index (κ2) is 7.04. The Labute approximate surface area is 144 Å². The summed E-state index contributed by atoms with van der Waals surface area (Å²) >= 11 is 2.30. The highest BCUT2D eigenvalue weighted by Gasteiger charge is 2.25. The van der Waals surface area contributed by atoms with Crippen LogP contribution in [0, 0.1) is 10.5 Å². The smallest absolute Gasteiger partial charge is 0.259 e. The highest BCUT2D eigenvalue weighted by molar-refractivity contribution is 14.1. The number of benzene rings is 1. The van der Waals surface area contributed by atoms with E-state index in [1.807, 2.05) is 0 Å². The number of nitrogens with zero attached hydrogens (tertiary/aromatic N) is 3. The van der Waals surface area contributed by atoms with Crippen LogP contribution >= 0.6 is 35.0 Å². The van der Waals surface area contributed by atoms with Gasteiger partial charge in [0, 0.05) is 23.2 Å². The van der Waals surface area contributed by atoms with Crippen LogP contribution in [-0.2, 0) is 0 Å². The molecule has 0 saturated carbocycles. The number of hydrogen-bond donors (Lipinski definition) is 1. The van der Waals surface area contributed by atoms with E-state index in [1.165, 1.54) is 5.56 Å². The first-order valence-electron chi connectivity index (χ1n) is 6.66. The Kier molecular flexibility index (Phi) is 5.59. The first-order valence-corrected chi connectivity index (χ1v) is 7.74. The van der Waals surface area contributed by atoms with Gasteiger partial charge < -0.3 is 9.84 Å². The predicted octanol–water partition coefficient (Wildman–Crippen LogP) is 2.65. The summed E-state index contributed by atoms with van der Waals surface area (Å²) in [5.74, 6) is 1.36. The molecule has 1 atom stereocenters. The van der Waals surface area contributed by atoms with Gasteiger partial charge in [0.25, 0.3) is 5.89 Å². The fourth-order valence-electron chi connectivity index (χ4n) is 2.38. The van der Waals surface area contributed by atoms with Gasteiger partial charge in [-0.15, -0.1) is 12.4 Å². The first kappa shape index (κ1) is 16.7. The van der Waals surface area contributed by atoms with E-state index < -0.39 is 0 Å². The normalized spacial score (nSPS) is 19.3. The molecule has 0 radical (unpaired) electrons. The molecule has 2 aromatic rings. The van der Waals surface area contributed by atoms with Crippen molar-refractivity contribution in [2.45, 2.75) is 13.0 Å². The third-order valence-corrected chi connectivity index (χ3v) is 4.54. The van der Waals surface area contributed by atoms with Gasteiger partial charge in [-0.25, -0.2) is 0 Å². The molecule has 0 spiro atoms. The van der Waals surface area contributed by atoms with E-state index in [-0.39, 0.29) is 18.4 Å². The molecule has 0 bridgehead atoms. The maximum absolute atomic E-state index is 5.47. The average Bonchev–Trinajstić information content (AvgIpc) is 2.91. The van der Waals surface area contributed by atoms with Crippen molar-refractivity contribution in [3.05, 3.63) is 33.2 Å². The number of likely N-dealkylation sites (N-methyl/N-ethyl adjacent to an activating group) is 1. The molecule has 7 heteroatoms. The molecule has 2 heterocycles. The molecule has 1 aromatic carbocycles. The summed E-state index contributed by atoms with van der Waals surface area (Å²) in [6.45, 7) is 4.93. The van der Waals surface area contributed by atoms with E-state index in [0.717, 1.165) is 34.6 Å². The summed E-state index contributed by atoms with van der Waals surface area (Å²) < 4.78 is 6.59. The lowest BCUT2D eigenvalue weighted by atomic mass is 10.1. The monoisotopic (exact) mass is 420 g/mol. The summed E-state index contributed by atoms with van der Waals surface area (Å²) in [4.78, 5) is 6.85. The van der Waals surface area contributed by atoms with Crippen LogP contribution in [-0.4, -0.2) is 41.7 Å². The molecule has 21 heavy (non-hydrogen) atoms. The van der Waals surface area contributed by atoms with Gasteiger partial charge in [-0.3, -0.25) is 4.90 Å². The fourth-order valence-corrected chi connectivity index (χ4v) is 2.94. The lowest BCUT2D eigenvalue weighted by Crippen LogP contribution is -2.44. The number of nitrogens with one attached hydrogen (secondary N) is 1. The van der Waals surface area contributed by atoms with Gasteiger partial charge >= 0.3 is 0 Å². The summed E-state index contributed by atoms with van der Waals surface area (Å²) in [6, 6.07) is 6.43. The van der Waals surface area contributed by atoms with E-state index in [0.29, 0.717) is 5.89 Å². The van der Waals surface area contributed by atoms with Gasteiger partial charge in [0.1, 0.15) is 0 Å². The number of aryl methyl sites for hydroxylation is 1. The zero-order valence-electron chi connectivity index (χ0n) is 12.0. The Bertz CT molecular complexity index is 619. The van der Waals surface area contributed by atoms with Gasteiger partial charge in [-0.2, -0.15) is 4.98 Å². The molecular formula is C14H18ClIN4O. The minimum Gasteiger partial charge on any atom is -0.334 e. The Morgan fingerprint density at radius 2 is 2.24 bits per heavy atom. The predicted molar refractivity (Wildman–Crippen MR) is 92.7 cm³/mol. The number of piperazine rings is 1. The van der Waals surface area contributed by atoms with Crippen molar-refractivity contribution in [3.63, 3.8) is 0 Å². The van der Waals surface area contributed by atoms with Crippen molar-refractivity contribution in [3.8, 4) is 11.5 Å². The van der Waals surface area contributed by atoms with Gasteiger partial charge in [0.15, 0.2) is 5.82 Å². The van der Waals surface area contributed by atoms with Crippen LogP contribution in [0.3, 0.4) is 0 Å². The second-order valence-electron chi connectivity index (χ2n) is 5.14. The van der Waals surface area contributed by atoms with Crippen LogP contribution in [0.25, 0.3) is 11.5 Å². The molecule has 3 rings (SSSR count). The Morgan fingerprint density at radius 1 is 1.43 bits per heavy atom. The van der Waals surface area contributed by atoms with Crippen LogP contribution in [0.1, 0.15) is 17.4 Å². The van der Waals surface area contributed by atoms with Gasteiger partial charge in [0.2, 0.25) is 0 Å². The maximum atomic E-state index is 5.47. The molecule has 0 amide bonds. The number of halogens is 2. The van der Waals surface area contributed by atoms with Crippen LogP contribution in [0.5, 0.6) is 0 Å². The highest BCUT2D eigenvalue weighted by Crippen LogP contribution is 2.27. The number of rotatable bonds is 2. The quantitative estimate of drug-likeness (QED) is 0.757. The second-order valence-corrected chi connectivity index (χ2v) is 6.30. The Morgan fingerprint density at radius 3 is 3.00 bits per heavy atom. The van der Waals surface area contributed by atoms with Gasteiger partial charge in [-0.1, -0.05) is 16.8 Å². The third-order valence-electron chi connectivity index (χ3n) is 3.60. The van der Waals surface area contributed by atoms with Crippen LogP contribution in [0.4, 0.5) is 0 Å². The van der Waals surface area contributed by atoms with Crippen molar-refractivity contribution in [2.24, 2.45) is 0 Å². The van der Waals surface area contributed by atoms with Crippen molar-refractivity contribution < 1.29 is 4.52 Å². The molecule has 1 saturated heterocycles. The molecule has 0 aliphatic carbocycles. The van der Waals surface area contributed by atoms with Crippen LogP contribution in [0.15, 0.2) is 22.7 Å². The lowest BCUT2D eigenvalue weighted by molar-refractivity contribution is 0.190. The molecule has 1 unspecified atom stereocenters. The zero-order chi connectivity index (χ0) is 14.1. The SMILES string of the molecule is Cc1ccc(I)c(-c2nc(C3CNCCN3C)no2)c1.Cl. The van der Waals surface area contributed by atoms with E-state index in [4.69, 9.17) is 4.52 Å². The molecule has 114 valence electrons. The Balaban J connectivity index is 0.00000161. The minimum absolute atomic E-state index is 0. The topological polar surface area (TPSA) is 54.2 Å². The van der Waals surface area contributed by atoms with Gasteiger partial charge in [-0.05, 0) is 48.7 Å². The largest absolute Gasteiger partial charge is 0.334 e. The average molecular weight is 421 g/mol. The van der Waals surface area contributed by atoms with E-state index >= 15 is 0 Å². The highest BCUT2D eigenvalue weighted by atomic mass is 127. The molecule has 1 N–H and O–H groups in total. The van der Waals surface area contributed by atoms with E-state index in [2.05, 4.69) is 75.1 Å². The molecule has 5 nitrogen and oxygen atoms in total. The van der Waals surface area contributed by atoms with Crippen molar-refractivity contribution in [1.82, 2.24) is 20.4 Å². The maximum Gasteiger partial charge on any atom is 0.259 e. The molecule has 1 fully saturated rings. The Hall–Kier alpha value is -0.700. The van der Waals surface area contributed by atoms with E-state index in [9.17, 15) is 0 Å². The molecular weight excluding hydrogens is 403 g/mol. The first-order chi connectivity index (χ1) is 9.65. The van der Waals surface area contributed by atoms with Crippen LogP contribution < -0.4 is 5.32 Å². The fraction of sp³-hybridized carbons (Fsp3) is 0.429. The zero-order valence-corrected chi connectivity index (χ0v) is 14.9. The molecule has 1 aliphatic rings. The lowest BCUT2D eigenvalue weighted by Gasteiger charge is -2.30. The number of hydrogen-bond acceptors (Lipinski definition) is 5. The molecule has 1 aliphatic heterocycles. The summed E-state index contributed by atoms with van der Waals surface area (Å²) in [5.41, 5.74) is 2.20. The van der Waals surface area contributed by atoms with Crippen molar-refractivity contribution in [2.75, 3.05) is 26.7 Å². The summed E-state index contributed by atoms with van der Waals surface area (Å²) in [6.07, 6.45) is 0. The van der Waals surface area contributed by atoms with Crippen LogP contribution in [0.2, 0.25) is 0 Å². The standard InChI is InChI=1S/C14H17IN4O.ClH/c1-9-3-4-11(15)10(7-9)14-17-13(18-20-14)12-8-16-5-6-19(12)2;/h3-4,7,12,16H,5-6,8H2,1-2H3;1H. The van der Waals surface area contributed by atoms with E-state index in [1.54, 1.807) is 0 Å². The summed E-state index contributed by atoms with van der Waals surface area (Å²) in [7, 11) is 2.10. The van der Waals surface area contributed by atoms with Crippen molar-refractivity contribution >= 4 is 35.0 Å². The minimum atomic E-state index is 0. The number of aromatic nitrogens is 2. The molecule has 1 aromatic heterocycles. The summed E-state index contributed by atoms with van der Waals surface area (Å²) in [5, 5.41) is 7.53. The van der Waals surface area contributed by atoms with Gasteiger partial charge in [0.05, 0.1) is 11.6 Å². The third kappa shape index (κ3) is 3.56.